The van der Waals surface area contributed by atoms with E-state index >= 15 is 0 Å². The molecule has 3 heteroatoms. The maximum Gasteiger partial charge on any atom is 0.0867 e. The first-order chi connectivity index (χ1) is 3.81. The number of hydrogen-bond donors (Lipinski definition) is 2. The zero-order valence-corrected chi connectivity index (χ0v) is 6.18. The highest BCUT2D eigenvalue weighted by atomic mass is 16.3. The van der Waals surface area contributed by atoms with Crippen LogP contribution in [0.15, 0.2) is 0 Å². The average Bonchev–Trinajstić information content (AvgIpc) is 1.64. The van der Waals surface area contributed by atoms with E-state index in [1.807, 2.05) is 0 Å². The van der Waals surface area contributed by atoms with Crippen LogP contribution in [0.1, 0.15) is 20.8 Å². The molecule has 0 aliphatic heterocycles. The molecule has 0 spiro atoms. The second-order valence-corrected chi connectivity index (χ2v) is 3.04. The summed E-state index contributed by atoms with van der Waals surface area (Å²) in [6.07, 6.45) is 0.0660. The van der Waals surface area contributed by atoms with Crippen molar-refractivity contribution in [3.63, 3.8) is 0 Å². The van der Waals surface area contributed by atoms with Gasteiger partial charge in [0, 0.05) is 0 Å². The normalized spacial score (nSPS) is 19.2. The molecular weight excluding hydrogens is 115 g/mol. The molecule has 9 heavy (non-hydrogen) atoms. The first kappa shape index (κ1) is 8.98. The summed E-state index contributed by atoms with van der Waals surface area (Å²) < 4.78 is 0. The van der Waals surface area contributed by atoms with Gasteiger partial charge in [-0.3, -0.25) is 0 Å². The Hall–Kier alpha value is -0.0151. The van der Waals surface area contributed by atoms with Crippen molar-refractivity contribution >= 4 is 7.85 Å². The standard InChI is InChI=1S/C6H13BO2/c1-5(2,8)6(3,9)4-7/h8-9H,4H2,1-3H3. The third-order valence-electron chi connectivity index (χ3n) is 1.72. The van der Waals surface area contributed by atoms with Crippen molar-refractivity contribution in [2.75, 3.05) is 0 Å². The van der Waals surface area contributed by atoms with Crippen LogP contribution in [-0.2, 0) is 0 Å². The molecule has 2 N–H and O–H groups in total. The van der Waals surface area contributed by atoms with Crippen molar-refractivity contribution in [3.05, 3.63) is 0 Å². The van der Waals surface area contributed by atoms with E-state index in [4.69, 9.17) is 7.85 Å². The second-order valence-electron chi connectivity index (χ2n) is 3.04. The molecule has 0 aromatic carbocycles. The lowest BCUT2D eigenvalue weighted by molar-refractivity contribution is -0.107. The van der Waals surface area contributed by atoms with Crippen LogP contribution in [-0.4, -0.2) is 29.3 Å². The van der Waals surface area contributed by atoms with Gasteiger partial charge in [0.25, 0.3) is 0 Å². The summed E-state index contributed by atoms with van der Waals surface area (Å²) in [6.45, 7) is 4.56. The topological polar surface area (TPSA) is 40.5 Å². The Labute approximate surface area is 57.3 Å². The van der Waals surface area contributed by atoms with Crippen molar-refractivity contribution in [1.82, 2.24) is 0 Å². The summed E-state index contributed by atoms with van der Waals surface area (Å²) >= 11 is 0. The molecule has 0 rings (SSSR count). The van der Waals surface area contributed by atoms with Gasteiger partial charge in [0.1, 0.15) is 0 Å². The highest BCUT2D eigenvalue weighted by molar-refractivity contribution is 6.09. The van der Waals surface area contributed by atoms with E-state index in [-0.39, 0.29) is 6.32 Å². The fourth-order valence-corrected chi connectivity index (χ4v) is 0.250. The fraction of sp³-hybridized carbons (Fsp3) is 1.00. The number of hydrogen-bond acceptors (Lipinski definition) is 2. The molecule has 0 bridgehead atoms. The van der Waals surface area contributed by atoms with Crippen LogP contribution in [0.3, 0.4) is 0 Å². The Kier molecular flexibility index (Phi) is 2.31. The van der Waals surface area contributed by atoms with E-state index in [0.29, 0.717) is 0 Å². The predicted octanol–water partition coefficient (Wildman–Crippen LogP) is 0.0951. The molecule has 0 saturated heterocycles. The van der Waals surface area contributed by atoms with Gasteiger partial charge in [-0.1, -0.05) is 6.32 Å². The minimum atomic E-state index is -1.19. The van der Waals surface area contributed by atoms with Gasteiger partial charge in [0.15, 0.2) is 0 Å². The third-order valence-corrected chi connectivity index (χ3v) is 1.72. The van der Waals surface area contributed by atoms with Gasteiger partial charge in [0.2, 0.25) is 0 Å². The summed E-state index contributed by atoms with van der Waals surface area (Å²) in [5.41, 5.74) is -2.31. The van der Waals surface area contributed by atoms with Gasteiger partial charge in [-0.05, 0) is 20.8 Å². The first-order valence-electron chi connectivity index (χ1n) is 2.96. The Bertz CT molecular complexity index is 93.7. The van der Waals surface area contributed by atoms with Crippen LogP contribution in [0.4, 0.5) is 0 Å². The molecular formula is C6H13BO2. The summed E-state index contributed by atoms with van der Waals surface area (Å²) in [5, 5.41) is 18.5. The van der Waals surface area contributed by atoms with Crippen LogP contribution in [0, 0.1) is 0 Å². The van der Waals surface area contributed by atoms with Crippen molar-refractivity contribution in [1.29, 1.82) is 0 Å². The molecule has 0 aliphatic carbocycles. The lowest BCUT2D eigenvalue weighted by atomic mass is 9.77. The molecule has 0 aliphatic rings. The fourth-order valence-electron chi connectivity index (χ4n) is 0.250. The maximum atomic E-state index is 9.28. The molecule has 0 amide bonds. The zero-order valence-electron chi connectivity index (χ0n) is 6.18. The second kappa shape index (κ2) is 2.31. The van der Waals surface area contributed by atoms with E-state index in [2.05, 4.69) is 0 Å². The molecule has 0 heterocycles. The van der Waals surface area contributed by atoms with Crippen LogP contribution < -0.4 is 0 Å². The summed E-state index contributed by atoms with van der Waals surface area (Å²) in [7, 11) is 5.18. The monoisotopic (exact) mass is 128 g/mol. The summed E-state index contributed by atoms with van der Waals surface area (Å²) in [5.74, 6) is 0. The molecule has 1 atom stereocenters. The smallest absolute Gasteiger partial charge is 0.0867 e. The zero-order chi connectivity index (χ0) is 7.71. The van der Waals surface area contributed by atoms with E-state index in [1.165, 1.54) is 20.8 Å². The quantitative estimate of drug-likeness (QED) is 0.517. The van der Waals surface area contributed by atoms with Crippen LogP contribution in [0.5, 0.6) is 0 Å². The molecule has 0 fully saturated rings. The Morgan fingerprint density at radius 1 is 1.22 bits per heavy atom. The highest BCUT2D eigenvalue weighted by Gasteiger charge is 2.34. The molecule has 0 saturated carbocycles. The van der Waals surface area contributed by atoms with Gasteiger partial charge in [-0.15, -0.1) is 0 Å². The minimum Gasteiger partial charge on any atom is -0.388 e. The summed E-state index contributed by atoms with van der Waals surface area (Å²) in [4.78, 5) is 0. The van der Waals surface area contributed by atoms with Gasteiger partial charge in [-0.25, -0.2) is 0 Å². The summed E-state index contributed by atoms with van der Waals surface area (Å²) in [6, 6.07) is 0. The minimum absolute atomic E-state index is 0.0660. The molecule has 0 aromatic heterocycles. The van der Waals surface area contributed by atoms with E-state index in [1.54, 1.807) is 0 Å². The number of aliphatic hydroxyl groups is 2. The van der Waals surface area contributed by atoms with Crippen LogP contribution >= 0.6 is 0 Å². The Balaban J connectivity index is 4.14. The van der Waals surface area contributed by atoms with Gasteiger partial charge in [0.05, 0.1) is 19.0 Å². The van der Waals surface area contributed by atoms with E-state index in [9.17, 15) is 10.2 Å². The van der Waals surface area contributed by atoms with Crippen molar-refractivity contribution < 1.29 is 10.2 Å². The highest BCUT2D eigenvalue weighted by Crippen LogP contribution is 2.23. The molecule has 1 unspecified atom stereocenters. The van der Waals surface area contributed by atoms with E-state index < -0.39 is 11.2 Å². The largest absolute Gasteiger partial charge is 0.388 e. The molecule has 52 valence electrons. The van der Waals surface area contributed by atoms with Crippen molar-refractivity contribution in [2.45, 2.75) is 38.3 Å². The predicted molar refractivity (Wildman–Crippen MR) is 37.5 cm³/mol. The van der Waals surface area contributed by atoms with Crippen molar-refractivity contribution in [2.24, 2.45) is 0 Å². The number of rotatable bonds is 2. The Morgan fingerprint density at radius 3 is 1.56 bits per heavy atom. The van der Waals surface area contributed by atoms with Gasteiger partial charge in [-0.2, -0.15) is 0 Å². The SMILES string of the molecule is [B]CC(C)(O)C(C)(C)O. The average molecular weight is 128 g/mol. The molecule has 0 aromatic rings. The lowest BCUT2D eigenvalue weighted by Crippen LogP contribution is -2.47. The Morgan fingerprint density at radius 2 is 1.56 bits per heavy atom. The van der Waals surface area contributed by atoms with Crippen molar-refractivity contribution in [3.8, 4) is 0 Å². The molecule has 2 nitrogen and oxygen atoms in total. The first-order valence-corrected chi connectivity index (χ1v) is 2.96. The third kappa shape index (κ3) is 1.99. The molecule has 2 radical (unpaired) electrons. The van der Waals surface area contributed by atoms with Crippen LogP contribution in [0.2, 0.25) is 6.32 Å². The van der Waals surface area contributed by atoms with Gasteiger partial charge >= 0.3 is 0 Å². The maximum absolute atomic E-state index is 9.28. The van der Waals surface area contributed by atoms with E-state index in [0.717, 1.165) is 0 Å². The lowest BCUT2D eigenvalue weighted by Gasteiger charge is -2.34. The van der Waals surface area contributed by atoms with Crippen LogP contribution in [0.25, 0.3) is 0 Å². The van der Waals surface area contributed by atoms with Gasteiger partial charge < -0.3 is 10.2 Å².